The monoisotopic (exact) mass is 266 g/mol. The Kier molecular flexibility index (Phi) is 5.19. The van der Waals surface area contributed by atoms with Gasteiger partial charge in [-0.05, 0) is 45.6 Å². The SMILES string of the molecule is CCCNC1CCCCC1Cc1nc(C)c(C)s1. The molecule has 2 nitrogen and oxygen atoms in total. The molecule has 1 aliphatic carbocycles. The van der Waals surface area contributed by atoms with Gasteiger partial charge >= 0.3 is 0 Å². The van der Waals surface area contributed by atoms with Crippen molar-refractivity contribution in [2.24, 2.45) is 5.92 Å². The number of aromatic nitrogens is 1. The van der Waals surface area contributed by atoms with E-state index in [2.05, 4.69) is 26.1 Å². The molecule has 102 valence electrons. The fourth-order valence-electron chi connectivity index (χ4n) is 2.90. The van der Waals surface area contributed by atoms with E-state index in [1.54, 1.807) is 0 Å². The molecule has 0 amide bonds. The highest BCUT2D eigenvalue weighted by atomic mass is 32.1. The van der Waals surface area contributed by atoms with Crippen LogP contribution in [0, 0.1) is 19.8 Å². The normalized spacial score (nSPS) is 24.4. The van der Waals surface area contributed by atoms with Crippen molar-refractivity contribution < 1.29 is 0 Å². The van der Waals surface area contributed by atoms with E-state index in [0.29, 0.717) is 0 Å². The molecule has 1 heterocycles. The third kappa shape index (κ3) is 3.55. The molecule has 0 aromatic carbocycles. The van der Waals surface area contributed by atoms with Gasteiger partial charge in [0.15, 0.2) is 0 Å². The van der Waals surface area contributed by atoms with Crippen LogP contribution in [0.15, 0.2) is 0 Å². The molecule has 1 aromatic heterocycles. The Balaban J connectivity index is 1.96. The molecule has 0 aliphatic heterocycles. The maximum atomic E-state index is 4.71. The van der Waals surface area contributed by atoms with Crippen molar-refractivity contribution in [3.8, 4) is 0 Å². The van der Waals surface area contributed by atoms with Crippen LogP contribution in [0.1, 0.15) is 54.6 Å². The van der Waals surface area contributed by atoms with Crippen molar-refractivity contribution in [3.63, 3.8) is 0 Å². The van der Waals surface area contributed by atoms with Gasteiger partial charge in [0.2, 0.25) is 0 Å². The summed E-state index contributed by atoms with van der Waals surface area (Å²) in [5.41, 5.74) is 1.23. The Hall–Kier alpha value is -0.410. The summed E-state index contributed by atoms with van der Waals surface area (Å²) in [6.07, 6.45) is 7.94. The number of hydrogen-bond donors (Lipinski definition) is 1. The molecule has 0 saturated heterocycles. The molecule has 1 aromatic rings. The molecule has 1 N–H and O–H groups in total. The Bertz CT molecular complexity index is 353. The number of hydrogen-bond acceptors (Lipinski definition) is 3. The van der Waals surface area contributed by atoms with Crippen LogP contribution < -0.4 is 5.32 Å². The summed E-state index contributed by atoms with van der Waals surface area (Å²) in [6, 6.07) is 0.725. The highest BCUT2D eigenvalue weighted by Crippen LogP contribution is 2.29. The predicted molar refractivity (Wildman–Crippen MR) is 79.3 cm³/mol. The number of nitrogens with one attached hydrogen (secondary N) is 1. The van der Waals surface area contributed by atoms with Gasteiger partial charge in [-0.25, -0.2) is 4.98 Å². The van der Waals surface area contributed by atoms with Crippen molar-refractivity contribution in [1.29, 1.82) is 0 Å². The number of rotatable bonds is 5. The highest BCUT2D eigenvalue weighted by Gasteiger charge is 2.25. The average Bonchev–Trinajstić information content (AvgIpc) is 2.67. The minimum atomic E-state index is 0.725. The fraction of sp³-hybridized carbons (Fsp3) is 0.800. The van der Waals surface area contributed by atoms with Crippen LogP contribution >= 0.6 is 11.3 Å². The van der Waals surface area contributed by atoms with E-state index < -0.39 is 0 Å². The van der Waals surface area contributed by atoms with Crippen LogP contribution in [-0.4, -0.2) is 17.6 Å². The number of aryl methyl sites for hydroxylation is 2. The summed E-state index contributed by atoms with van der Waals surface area (Å²) >= 11 is 1.89. The van der Waals surface area contributed by atoms with E-state index >= 15 is 0 Å². The van der Waals surface area contributed by atoms with Crippen molar-refractivity contribution >= 4 is 11.3 Å². The first-order valence-electron chi connectivity index (χ1n) is 7.37. The maximum Gasteiger partial charge on any atom is 0.0934 e. The predicted octanol–water partition coefficient (Wildman–Crippen LogP) is 3.86. The first-order chi connectivity index (χ1) is 8.70. The Morgan fingerprint density at radius 2 is 2.06 bits per heavy atom. The third-order valence-electron chi connectivity index (χ3n) is 4.08. The van der Waals surface area contributed by atoms with Crippen molar-refractivity contribution in [3.05, 3.63) is 15.6 Å². The van der Waals surface area contributed by atoms with Gasteiger partial charge in [0.25, 0.3) is 0 Å². The van der Waals surface area contributed by atoms with Gasteiger partial charge in [0, 0.05) is 17.3 Å². The van der Waals surface area contributed by atoms with Crippen molar-refractivity contribution in [2.45, 2.75) is 65.3 Å². The quantitative estimate of drug-likeness (QED) is 0.875. The van der Waals surface area contributed by atoms with E-state index in [1.807, 2.05) is 11.3 Å². The second-order valence-electron chi connectivity index (χ2n) is 5.56. The molecule has 1 saturated carbocycles. The molecule has 2 atom stereocenters. The van der Waals surface area contributed by atoms with E-state index in [1.165, 1.54) is 54.1 Å². The molecule has 2 unspecified atom stereocenters. The second kappa shape index (κ2) is 6.67. The second-order valence-corrected chi connectivity index (χ2v) is 6.85. The van der Waals surface area contributed by atoms with Crippen molar-refractivity contribution in [2.75, 3.05) is 6.54 Å². The topological polar surface area (TPSA) is 24.9 Å². The molecular weight excluding hydrogens is 240 g/mol. The molecule has 3 heteroatoms. The third-order valence-corrected chi connectivity index (χ3v) is 5.17. The first-order valence-corrected chi connectivity index (χ1v) is 8.18. The highest BCUT2D eigenvalue weighted by molar-refractivity contribution is 7.11. The van der Waals surface area contributed by atoms with Gasteiger partial charge in [-0.2, -0.15) is 0 Å². The zero-order valence-electron chi connectivity index (χ0n) is 12.0. The minimum absolute atomic E-state index is 0.725. The summed E-state index contributed by atoms with van der Waals surface area (Å²) < 4.78 is 0. The zero-order valence-corrected chi connectivity index (χ0v) is 12.8. The molecule has 1 aliphatic rings. The standard InChI is InChI=1S/C15H26N2S/c1-4-9-16-14-8-6-5-7-13(14)10-15-17-11(2)12(3)18-15/h13-14,16H,4-10H2,1-3H3. The lowest BCUT2D eigenvalue weighted by Crippen LogP contribution is -2.39. The van der Waals surface area contributed by atoms with E-state index in [-0.39, 0.29) is 0 Å². The molecule has 1 fully saturated rings. The van der Waals surface area contributed by atoms with Gasteiger partial charge in [-0.15, -0.1) is 11.3 Å². The van der Waals surface area contributed by atoms with E-state index in [0.717, 1.165) is 18.5 Å². The first kappa shape index (κ1) is 14.0. The molecular formula is C15H26N2S. The molecule has 0 radical (unpaired) electrons. The van der Waals surface area contributed by atoms with Crippen molar-refractivity contribution in [1.82, 2.24) is 10.3 Å². The average molecular weight is 266 g/mol. The lowest BCUT2D eigenvalue weighted by molar-refractivity contribution is 0.261. The van der Waals surface area contributed by atoms with Gasteiger partial charge in [0.1, 0.15) is 0 Å². The van der Waals surface area contributed by atoms with Crippen LogP contribution in [-0.2, 0) is 6.42 Å². The van der Waals surface area contributed by atoms with Gasteiger partial charge in [-0.3, -0.25) is 0 Å². The Morgan fingerprint density at radius 3 is 2.72 bits per heavy atom. The Morgan fingerprint density at radius 1 is 1.28 bits per heavy atom. The smallest absolute Gasteiger partial charge is 0.0934 e. The lowest BCUT2D eigenvalue weighted by Gasteiger charge is -2.32. The van der Waals surface area contributed by atoms with Crippen LogP contribution in [0.25, 0.3) is 0 Å². The van der Waals surface area contributed by atoms with Gasteiger partial charge < -0.3 is 5.32 Å². The summed E-state index contributed by atoms with van der Waals surface area (Å²) in [7, 11) is 0. The lowest BCUT2D eigenvalue weighted by atomic mass is 9.82. The summed E-state index contributed by atoms with van der Waals surface area (Å²) in [5, 5.41) is 5.09. The molecule has 0 spiro atoms. The largest absolute Gasteiger partial charge is 0.314 e. The number of nitrogens with zero attached hydrogens (tertiary/aromatic N) is 1. The van der Waals surface area contributed by atoms with E-state index in [9.17, 15) is 0 Å². The molecule has 18 heavy (non-hydrogen) atoms. The zero-order chi connectivity index (χ0) is 13.0. The van der Waals surface area contributed by atoms with Gasteiger partial charge in [0.05, 0.1) is 10.7 Å². The maximum absolute atomic E-state index is 4.71. The van der Waals surface area contributed by atoms with Crippen LogP contribution in [0.3, 0.4) is 0 Å². The van der Waals surface area contributed by atoms with Crippen LogP contribution in [0.4, 0.5) is 0 Å². The summed E-state index contributed by atoms with van der Waals surface area (Å²) in [5.74, 6) is 0.801. The summed E-state index contributed by atoms with van der Waals surface area (Å²) in [6.45, 7) is 7.72. The van der Waals surface area contributed by atoms with E-state index in [4.69, 9.17) is 4.98 Å². The van der Waals surface area contributed by atoms with Crippen LogP contribution in [0.2, 0.25) is 0 Å². The minimum Gasteiger partial charge on any atom is -0.314 e. The van der Waals surface area contributed by atoms with Crippen LogP contribution in [0.5, 0.6) is 0 Å². The molecule has 2 rings (SSSR count). The molecule has 0 bridgehead atoms. The fourth-order valence-corrected chi connectivity index (χ4v) is 3.93. The Labute approximate surface area is 115 Å². The summed E-state index contributed by atoms with van der Waals surface area (Å²) in [4.78, 5) is 6.10. The number of thiazole rings is 1. The van der Waals surface area contributed by atoms with Gasteiger partial charge in [-0.1, -0.05) is 19.8 Å².